The monoisotopic (exact) mass is 274 g/mol. The van der Waals surface area contributed by atoms with Crippen molar-refractivity contribution in [3.63, 3.8) is 0 Å². The van der Waals surface area contributed by atoms with Gasteiger partial charge in [0, 0.05) is 37.1 Å². The van der Waals surface area contributed by atoms with Gasteiger partial charge in [-0.25, -0.2) is 4.39 Å². The molecule has 2 aromatic carbocycles. The number of phenols is 1. The molecule has 2 rings (SSSR count). The SMILES string of the molecule is CN(C)c1cccc(C(=O)Nc2ccc(O)c(F)c2)c1. The van der Waals surface area contributed by atoms with Gasteiger partial charge in [-0.2, -0.15) is 0 Å². The Morgan fingerprint density at radius 2 is 1.95 bits per heavy atom. The van der Waals surface area contributed by atoms with Gasteiger partial charge >= 0.3 is 0 Å². The molecule has 0 aromatic heterocycles. The summed E-state index contributed by atoms with van der Waals surface area (Å²) in [5, 5.41) is 11.7. The summed E-state index contributed by atoms with van der Waals surface area (Å²) in [7, 11) is 3.76. The Labute approximate surface area is 116 Å². The van der Waals surface area contributed by atoms with E-state index < -0.39 is 11.6 Å². The summed E-state index contributed by atoms with van der Waals surface area (Å²) in [4.78, 5) is 14.0. The Morgan fingerprint density at radius 1 is 1.20 bits per heavy atom. The van der Waals surface area contributed by atoms with Crippen molar-refractivity contribution in [1.29, 1.82) is 0 Å². The summed E-state index contributed by atoms with van der Waals surface area (Å²) in [5.74, 6) is -1.55. The van der Waals surface area contributed by atoms with E-state index in [0.29, 0.717) is 11.3 Å². The van der Waals surface area contributed by atoms with Crippen LogP contribution in [0.1, 0.15) is 10.4 Å². The quantitative estimate of drug-likeness (QED) is 0.846. The van der Waals surface area contributed by atoms with Crippen molar-refractivity contribution in [1.82, 2.24) is 0 Å². The van der Waals surface area contributed by atoms with Gasteiger partial charge < -0.3 is 15.3 Å². The van der Waals surface area contributed by atoms with Crippen LogP contribution in [-0.2, 0) is 0 Å². The first-order chi connectivity index (χ1) is 9.47. The standard InChI is InChI=1S/C15H15FN2O2/c1-18(2)12-5-3-4-10(8-12)15(20)17-11-6-7-14(19)13(16)9-11/h3-9,19H,1-2H3,(H,17,20). The molecule has 0 heterocycles. The summed E-state index contributed by atoms with van der Waals surface area (Å²) in [6.45, 7) is 0. The average molecular weight is 274 g/mol. The third-order valence-corrected chi connectivity index (χ3v) is 2.83. The second-order valence-corrected chi connectivity index (χ2v) is 4.57. The number of hydrogen-bond acceptors (Lipinski definition) is 3. The molecule has 0 spiro atoms. The van der Waals surface area contributed by atoms with Crippen molar-refractivity contribution in [3.05, 3.63) is 53.8 Å². The number of benzene rings is 2. The summed E-state index contributed by atoms with van der Waals surface area (Å²) in [5.41, 5.74) is 1.67. The lowest BCUT2D eigenvalue weighted by Gasteiger charge is -2.13. The van der Waals surface area contributed by atoms with Crippen molar-refractivity contribution in [2.45, 2.75) is 0 Å². The highest BCUT2D eigenvalue weighted by Crippen LogP contribution is 2.20. The fourth-order valence-corrected chi connectivity index (χ4v) is 1.71. The first-order valence-corrected chi connectivity index (χ1v) is 6.04. The first-order valence-electron chi connectivity index (χ1n) is 6.04. The maximum absolute atomic E-state index is 13.2. The zero-order valence-electron chi connectivity index (χ0n) is 11.2. The highest BCUT2D eigenvalue weighted by molar-refractivity contribution is 6.04. The van der Waals surface area contributed by atoms with Crippen LogP contribution in [0.2, 0.25) is 0 Å². The number of amides is 1. The summed E-state index contributed by atoms with van der Waals surface area (Å²) >= 11 is 0. The predicted octanol–water partition coefficient (Wildman–Crippen LogP) is 2.85. The fourth-order valence-electron chi connectivity index (χ4n) is 1.71. The van der Waals surface area contributed by atoms with Crippen LogP contribution in [0.25, 0.3) is 0 Å². The molecule has 104 valence electrons. The first kappa shape index (κ1) is 13.9. The molecule has 0 unspecified atom stereocenters. The molecule has 4 nitrogen and oxygen atoms in total. The van der Waals surface area contributed by atoms with E-state index in [2.05, 4.69) is 5.32 Å². The van der Waals surface area contributed by atoms with Crippen LogP contribution in [0.4, 0.5) is 15.8 Å². The van der Waals surface area contributed by atoms with E-state index in [9.17, 15) is 9.18 Å². The minimum atomic E-state index is -0.773. The van der Waals surface area contributed by atoms with Gasteiger partial charge in [-0.1, -0.05) is 6.07 Å². The molecule has 0 aliphatic rings. The zero-order chi connectivity index (χ0) is 14.7. The number of nitrogens with one attached hydrogen (secondary N) is 1. The van der Waals surface area contributed by atoms with Gasteiger partial charge in [-0.3, -0.25) is 4.79 Å². The van der Waals surface area contributed by atoms with Gasteiger partial charge in [-0.15, -0.1) is 0 Å². The molecule has 0 saturated carbocycles. The molecular formula is C15H15FN2O2. The van der Waals surface area contributed by atoms with E-state index in [1.807, 2.05) is 25.1 Å². The van der Waals surface area contributed by atoms with Crippen LogP contribution < -0.4 is 10.2 Å². The molecule has 0 aliphatic heterocycles. The molecule has 0 atom stereocenters. The molecular weight excluding hydrogens is 259 g/mol. The molecule has 0 bridgehead atoms. The smallest absolute Gasteiger partial charge is 0.255 e. The topological polar surface area (TPSA) is 52.6 Å². The molecule has 2 N–H and O–H groups in total. The number of carbonyl (C=O) groups is 1. The van der Waals surface area contributed by atoms with E-state index in [4.69, 9.17) is 5.11 Å². The molecule has 2 aromatic rings. The molecule has 0 aliphatic carbocycles. The van der Waals surface area contributed by atoms with Crippen LogP contribution in [0.15, 0.2) is 42.5 Å². The largest absolute Gasteiger partial charge is 0.505 e. The van der Waals surface area contributed by atoms with Gasteiger partial charge in [0.2, 0.25) is 0 Å². The number of phenolic OH excluding ortho intramolecular Hbond substituents is 1. The van der Waals surface area contributed by atoms with Gasteiger partial charge in [0.15, 0.2) is 11.6 Å². The summed E-state index contributed by atoms with van der Waals surface area (Å²) < 4.78 is 13.2. The van der Waals surface area contributed by atoms with Crippen molar-refractivity contribution in [2.75, 3.05) is 24.3 Å². The van der Waals surface area contributed by atoms with Crippen LogP contribution in [0.3, 0.4) is 0 Å². The van der Waals surface area contributed by atoms with Crippen molar-refractivity contribution < 1.29 is 14.3 Å². The van der Waals surface area contributed by atoms with Gasteiger partial charge in [0.25, 0.3) is 5.91 Å². The van der Waals surface area contributed by atoms with Crippen molar-refractivity contribution in [2.24, 2.45) is 0 Å². The van der Waals surface area contributed by atoms with Crippen LogP contribution in [0.5, 0.6) is 5.75 Å². The van der Waals surface area contributed by atoms with Crippen LogP contribution in [-0.4, -0.2) is 25.1 Å². The Balaban J connectivity index is 2.19. The molecule has 0 fully saturated rings. The third kappa shape index (κ3) is 3.06. The van der Waals surface area contributed by atoms with E-state index in [0.717, 1.165) is 11.8 Å². The minimum Gasteiger partial charge on any atom is -0.505 e. The normalized spacial score (nSPS) is 10.2. The highest BCUT2D eigenvalue weighted by Gasteiger charge is 2.09. The predicted molar refractivity (Wildman–Crippen MR) is 76.8 cm³/mol. The molecule has 20 heavy (non-hydrogen) atoms. The van der Waals surface area contributed by atoms with E-state index in [-0.39, 0.29) is 5.91 Å². The lowest BCUT2D eigenvalue weighted by molar-refractivity contribution is 0.102. The van der Waals surface area contributed by atoms with Crippen molar-refractivity contribution in [3.8, 4) is 5.75 Å². The van der Waals surface area contributed by atoms with Gasteiger partial charge in [-0.05, 0) is 30.3 Å². The lowest BCUT2D eigenvalue weighted by atomic mass is 10.1. The Morgan fingerprint density at radius 3 is 2.60 bits per heavy atom. The summed E-state index contributed by atoms with van der Waals surface area (Å²) in [6, 6.07) is 10.8. The Hall–Kier alpha value is -2.56. The summed E-state index contributed by atoms with van der Waals surface area (Å²) in [6.07, 6.45) is 0. The van der Waals surface area contributed by atoms with E-state index in [1.54, 1.807) is 18.2 Å². The zero-order valence-corrected chi connectivity index (χ0v) is 11.2. The molecule has 1 amide bonds. The maximum Gasteiger partial charge on any atom is 0.255 e. The number of aromatic hydroxyl groups is 1. The Kier molecular flexibility index (Phi) is 3.89. The minimum absolute atomic E-state index is 0.292. The Bertz CT molecular complexity index is 642. The molecule has 5 heteroatoms. The number of hydrogen-bond donors (Lipinski definition) is 2. The highest BCUT2D eigenvalue weighted by atomic mass is 19.1. The number of halogens is 1. The lowest BCUT2D eigenvalue weighted by Crippen LogP contribution is -2.14. The van der Waals surface area contributed by atoms with Crippen molar-refractivity contribution >= 4 is 17.3 Å². The van der Waals surface area contributed by atoms with Crippen LogP contribution in [0, 0.1) is 5.82 Å². The number of carbonyl (C=O) groups excluding carboxylic acids is 1. The maximum atomic E-state index is 13.2. The third-order valence-electron chi connectivity index (χ3n) is 2.83. The number of nitrogens with zero attached hydrogens (tertiary/aromatic N) is 1. The average Bonchev–Trinajstić information content (AvgIpc) is 2.43. The number of anilines is 2. The second kappa shape index (κ2) is 5.61. The second-order valence-electron chi connectivity index (χ2n) is 4.57. The van der Waals surface area contributed by atoms with E-state index in [1.165, 1.54) is 12.1 Å². The van der Waals surface area contributed by atoms with E-state index >= 15 is 0 Å². The van der Waals surface area contributed by atoms with Gasteiger partial charge in [0.1, 0.15) is 0 Å². The molecule has 0 saturated heterocycles. The van der Waals surface area contributed by atoms with Gasteiger partial charge in [0.05, 0.1) is 0 Å². The molecule has 0 radical (unpaired) electrons. The van der Waals surface area contributed by atoms with Crippen LogP contribution >= 0.6 is 0 Å². The number of rotatable bonds is 3. The fraction of sp³-hybridized carbons (Fsp3) is 0.133.